The molecule has 0 fully saturated rings. The highest BCUT2D eigenvalue weighted by atomic mass is 79.9. The fraction of sp³-hybridized carbons (Fsp3) is 0.417. The van der Waals surface area contributed by atoms with Crippen LogP contribution in [0.1, 0.15) is 50.0 Å². The largest absolute Gasteiger partial charge is 0.493 e. The molecule has 6 nitrogen and oxygen atoms in total. The molecule has 3 rings (SSSR count). The average molecular weight is 487 g/mol. The molecule has 0 bridgehead atoms. The summed E-state index contributed by atoms with van der Waals surface area (Å²) in [6.45, 7) is 5.40. The third kappa shape index (κ3) is 6.31. The first-order valence-electron chi connectivity index (χ1n) is 10.7. The Balaban J connectivity index is 1.83. The van der Waals surface area contributed by atoms with E-state index in [1.807, 2.05) is 31.2 Å². The Morgan fingerprint density at radius 1 is 1.06 bits per heavy atom. The van der Waals surface area contributed by atoms with Crippen molar-refractivity contribution in [3.63, 3.8) is 0 Å². The summed E-state index contributed by atoms with van der Waals surface area (Å²) >= 11 is 3.54. The zero-order valence-corrected chi connectivity index (χ0v) is 20.0. The van der Waals surface area contributed by atoms with Crippen molar-refractivity contribution in [1.82, 2.24) is 9.97 Å². The molecule has 1 unspecified atom stereocenters. The standard InChI is InChI=1S/C24H31BrN4O2/c1-16(18-9-8-10-19(25)13-18)27-24-20-14-22(30-3)23(15-21(20)28-17(2)29-24)31-12-7-5-4-6-11-26/h8-10,13-16H,4-7,11-12,26H2,1-3H3,(H,27,28,29). The Morgan fingerprint density at radius 3 is 2.61 bits per heavy atom. The summed E-state index contributed by atoms with van der Waals surface area (Å²) in [6, 6.07) is 12.2. The Hall–Kier alpha value is -2.38. The molecule has 0 saturated carbocycles. The number of aryl methyl sites for hydroxylation is 1. The quantitative estimate of drug-likeness (QED) is 0.334. The van der Waals surface area contributed by atoms with Gasteiger partial charge in [0.15, 0.2) is 11.5 Å². The number of nitrogens with two attached hydrogens (primary N) is 1. The lowest BCUT2D eigenvalue weighted by molar-refractivity contribution is 0.285. The second kappa shape index (κ2) is 11.3. The van der Waals surface area contributed by atoms with Gasteiger partial charge in [0.2, 0.25) is 0 Å². The minimum Gasteiger partial charge on any atom is -0.493 e. The summed E-state index contributed by atoms with van der Waals surface area (Å²) in [5, 5.41) is 4.44. The van der Waals surface area contributed by atoms with E-state index in [-0.39, 0.29) is 6.04 Å². The van der Waals surface area contributed by atoms with Gasteiger partial charge in [-0.3, -0.25) is 0 Å². The molecule has 3 aromatic rings. The Labute approximate surface area is 192 Å². The molecule has 31 heavy (non-hydrogen) atoms. The van der Waals surface area contributed by atoms with Crippen LogP contribution in [-0.2, 0) is 0 Å². The lowest BCUT2D eigenvalue weighted by Crippen LogP contribution is -2.10. The molecule has 1 heterocycles. The SMILES string of the molecule is COc1cc2c(NC(C)c3cccc(Br)c3)nc(C)nc2cc1OCCCCCCN. The predicted molar refractivity (Wildman–Crippen MR) is 130 cm³/mol. The lowest BCUT2D eigenvalue weighted by Gasteiger charge is -2.18. The first-order valence-corrected chi connectivity index (χ1v) is 11.5. The number of nitrogens with zero attached hydrogens (tertiary/aromatic N) is 2. The van der Waals surface area contributed by atoms with Crippen LogP contribution in [0.4, 0.5) is 5.82 Å². The van der Waals surface area contributed by atoms with Crippen LogP contribution in [0.25, 0.3) is 10.9 Å². The first-order chi connectivity index (χ1) is 15.0. The number of nitrogens with one attached hydrogen (secondary N) is 1. The van der Waals surface area contributed by atoms with E-state index >= 15 is 0 Å². The number of fused-ring (bicyclic) bond motifs is 1. The number of ether oxygens (including phenoxy) is 2. The zero-order chi connectivity index (χ0) is 22.2. The van der Waals surface area contributed by atoms with Gasteiger partial charge >= 0.3 is 0 Å². The average Bonchev–Trinajstić information content (AvgIpc) is 2.75. The second-order valence-corrected chi connectivity index (χ2v) is 8.53. The van der Waals surface area contributed by atoms with Crippen LogP contribution in [0.15, 0.2) is 40.9 Å². The van der Waals surface area contributed by atoms with E-state index in [2.05, 4.69) is 50.3 Å². The lowest BCUT2D eigenvalue weighted by atomic mass is 10.1. The van der Waals surface area contributed by atoms with Crippen molar-refractivity contribution in [1.29, 1.82) is 0 Å². The molecule has 0 amide bonds. The number of rotatable bonds is 11. The number of hydrogen-bond donors (Lipinski definition) is 2. The molecule has 0 radical (unpaired) electrons. The van der Waals surface area contributed by atoms with Gasteiger partial charge in [-0.2, -0.15) is 0 Å². The maximum atomic E-state index is 6.02. The highest BCUT2D eigenvalue weighted by molar-refractivity contribution is 9.10. The van der Waals surface area contributed by atoms with Crippen LogP contribution in [0.5, 0.6) is 11.5 Å². The molecule has 7 heteroatoms. The maximum Gasteiger partial charge on any atom is 0.163 e. The summed E-state index contributed by atoms with van der Waals surface area (Å²) in [5.74, 6) is 2.87. The van der Waals surface area contributed by atoms with E-state index in [9.17, 15) is 0 Å². The van der Waals surface area contributed by atoms with Crippen LogP contribution in [0.2, 0.25) is 0 Å². The molecule has 0 aliphatic heterocycles. The number of aromatic nitrogens is 2. The predicted octanol–water partition coefficient (Wildman–Crippen LogP) is 5.78. The summed E-state index contributed by atoms with van der Waals surface area (Å²) in [4.78, 5) is 9.28. The summed E-state index contributed by atoms with van der Waals surface area (Å²) in [6.07, 6.45) is 4.28. The van der Waals surface area contributed by atoms with Crippen molar-refractivity contribution >= 4 is 32.7 Å². The molecule has 0 aliphatic rings. The Bertz CT molecular complexity index is 1010. The normalized spacial score (nSPS) is 12.0. The smallest absolute Gasteiger partial charge is 0.163 e. The van der Waals surface area contributed by atoms with Gasteiger partial charge in [0, 0.05) is 15.9 Å². The van der Waals surface area contributed by atoms with E-state index in [1.165, 1.54) is 5.56 Å². The van der Waals surface area contributed by atoms with Gasteiger partial charge in [0.25, 0.3) is 0 Å². The molecule has 2 aromatic carbocycles. The number of benzene rings is 2. The van der Waals surface area contributed by atoms with Crippen LogP contribution >= 0.6 is 15.9 Å². The van der Waals surface area contributed by atoms with Gasteiger partial charge in [-0.05, 0) is 57.0 Å². The molecule has 166 valence electrons. The van der Waals surface area contributed by atoms with Crippen LogP contribution in [-0.4, -0.2) is 30.2 Å². The van der Waals surface area contributed by atoms with Crippen molar-refractivity contribution in [3.05, 3.63) is 52.3 Å². The number of anilines is 1. The van der Waals surface area contributed by atoms with Gasteiger partial charge in [-0.25, -0.2) is 9.97 Å². The third-order valence-corrected chi connectivity index (χ3v) is 5.64. The second-order valence-electron chi connectivity index (χ2n) is 7.61. The fourth-order valence-electron chi connectivity index (χ4n) is 3.48. The van der Waals surface area contributed by atoms with Crippen LogP contribution in [0.3, 0.4) is 0 Å². The molecule has 1 aromatic heterocycles. The zero-order valence-electron chi connectivity index (χ0n) is 18.5. The van der Waals surface area contributed by atoms with Crippen LogP contribution in [0, 0.1) is 6.92 Å². The molecular formula is C24H31BrN4O2. The maximum absolute atomic E-state index is 6.02. The van der Waals surface area contributed by atoms with Crippen LogP contribution < -0.4 is 20.5 Å². The molecule has 0 spiro atoms. The van der Waals surface area contributed by atoms with E-state index in [4.69, 9.17) is 15.2 Å². The number of halogens is 1. The molecule has 0 saturated heterocycles. The fourth-order valence-corrected chi connectivity index (χ4v) is 3.90. The van der Waals surface area contributed by atoms with Gasteiger partial charge in [0.1, 0.15) is 11.6 Å². The molecule has 3 N–H and O–H groups in total. The summed E-state index contributed by atoms with van der Waals surface area (Å²) in [7, 11) is 1.65. The van der Waals surface area contributed by atoms with Crippen molar-refractivity contribution in [3.8, 4) is 11.5 Å². The van der Waals surface area contributed by atoms with E-state index in [0.717, 1.165) is 53.4 Å². The highest BCUT2D eigenvalue weighted by Crippen LogP contribution is 2.35. The van der Waals surface area contributed by atoms with Crippen molar-refractivity contribution < 1.29 is 9.47 Å². The van der Waals surface area contributed by atoms with E-state index < -0.39 is 0 Å². The van der Waals surface area contributed by atoms with Crippen molar-refractivity contribution in [2.24, 2.45) is 5.73 Å². The number of hydrogen-bond acceptors (Lipinski definition) is 6. The summed E-state index contributed by atoms with van der Waals surface area (Å²) in [5.41, 5.74) is 7.55. The van der Waals surface area contributed by atoms with Gasteiger partial charge < -0.3 is 20.5 Å². The van der Waals surface area contributed by atoms with E-state index in [0.29, 0.717) is 23.9 Å². The Kier molecular flexibility index (Phi) is 8.49. The van der Waals surface area contributed by atoms with Crippen molar-refractivity contribution in [2.45, 2.75) is 45.6 Å². The first kappa shape index (κ1) is 23.3. The highest BCUT2D eigenvalue weighted by Gasteiger charge is 2.15. The Morgan fingerprint density at radius 2 is 1.87 bits per heavy atom. The summed E-state index contributed by atoms with van der Waals surface area (Å²) < 4.78 is 12.7. The molecular weight excluding hydrogens is 456 g/mol. The van der Waals surface area contributed by atoms with Crippen molar-refractivity contribution in [2.75, 3.05) is 25.6 Å². The van der Waals surface area contributed by atoms with Gasteiger partial charge in [-0.1, -0.05) is 40.9 Å². The number of methoxy groups -OCH3 is 1. The topological polar surface area (TPSA) is 82.3 Å². The van der Waals surface area contributed by atoms with Gasteiger partial charge in [-0.15, -0.1) is 0 Å². The monoisotopic (exact) mass is 486 g/mol. The molecule has 1 atom stereocenters. The third-order valence-electron chi connectivity index (χ3n) is 5.15. The minimum atomic E-state index is 0.0745. The minimum absolute atomic E-state index is 0.0745. The molecule has 0 aliphatic carbocycles. The number of unbranched alkanes of at least 4 members (excludes halogenated alkanes) is 3. The van der Waals surface area contributed by atoms with Gasteiger partial charge in [0.05, 0.1) is 25.3 Å². The van der Waals surface area contributed by atoms with E-state index in [1.54, 1.807) is 7.11 Å².